The number of para-hydroxylation sites is 2. The van der Waals surface area contributed by atoms with Crippen LogP contribution in [0, 0.1) is 34.6 Å². The third-order valence-corrected chi connectivity index (χ3v) is 7.78. The summed E-state index contributed by atoms with van der Waals surface area (Å²) in [4.78, 5) is 3.85. The van der Waals surface area contributed by atoms with Crippen LogP contribution in [0.25, 0.3) is 38.6 Å². The molecule has 0 saturated carbocycles. The fourth-order valence-electron chi connectivity index (χ4n) is 5.92. The molecule has 0 atom stereocenters. The van der Waals surface area contributed by atoms with Crippen molar-refractivity contribution in [3.8, 4) is 22.6 Å². The van der Waals surface area contributed by atoms with E-state index >= 15 is 0 Å². The topological polar surface area (TPSA) is 25.5 Å². The lowest BCUT2D eigenvalue weighted by atomic mass is 9.88. The normalized spacial score (nSPS) is 11.6. The van der Waals surface area contributed by atoms with E-state index in [4.69, 9.17) is 4.74 Å². The van der Waals surface area contributed by atoms with E-state index in [1.807, 2.05) is 42.5 Å². The van der Waals surface area contributed by atoms with Gasteiger partial charge in [0.1, 0.15) is 5.75 Å². The Morgan fingerprint density at radius 2 is 1.10 bits per heavy atom. The number of ether oxygens (including phenoxy) is 1. The summed E-state index contributed by atoms with van der Waals surface area (Å²) in [5.41, 5.74) is 12.9. The predicted molar refractivity (Wildman–Crippen MR) is 198 cm³/mol. The van der Waals surface area contributed by atoms with Crippen LogP contribution in [0.15, 0.2) is 126 Å². The molecule has 1 aliphatic rings. The molecule has 0 amide bonds. The first-order valence-corrected chi connectivity index (χ1v) is 16.0. The Balaban J connectivity index is 0.000000244. The van der Waals surface area contributed by atoms with Gasteiger partial charge in [0.25, 0.3) is 0 Å². The van der Waals surface area contributed by atoms with Crippen molar-refractivity contribution in [1.82, 2.24) is 0 Å². The molecule has 2 heterocycles. The smallest absolute Gasteiger partial charge is 0.497 e. The van der Waals surface area contributed by atoms with Crippen molar-refractivity contribution in [2.75, 3.05) is 13.7 Å². The molecule has 0 saturated heterocycles. The second-order valence-electron chi connectivity index (χ2n) is 11.8. The molecule has 3 nitrogen and oxygen atoms in total. The number of allylic oxidation sites excluding steroid dienone is 1. The number of methoxy groups -OCH3 is 1. The monoisotopic (exact) mass is 664 g/mol. The highest BCUT2D eigenvalue weighted by molar-refractivity contribution is 6.50. The third kappa shape index (κ3) is 10.1. The number of benzene rings is 5. The lowest BCUT2D eigenvalue weighted by Crippen LogP contribution is -2.33. The minimum atomic E-state index is -6.00. The zero-order valence-corrected chi connectivity index (χ0v) is 28.7. The van der Waals surface area contributed by atoms with Gasteiger partial charge in [-0.2, -0.15) is 4.57 Å². The zero-order valence-electron chi connectivity index (χ0n) is 28.7. The van der Waals surface area contributed by atoms with Crippen molar-refractivity contribution < 1.29 is 26.6 Å². The van der Waals surface area contributed by atoms with Gasteiger partial charge in [0, 0.05) is 36.0 Å². The number of hydrogen-bond acceptors (Lipinski definition) is 2. The first-order chi connectivity index (χ1) is 23.4. The maximum absolute atomic E-state index is 9.75. The van der Waals surface area contributed by atoms with Gasteiger partial charge < -0.3 is 22.0 Å². The van der Waals surface area contributed by atoms with Crippen molar-refractivity contribution in [3.63, 3.8) is 0 Å². The highest BCUT2D eigenvalue weighted by atomic mass is 19.5. The molecule has 0 radical (unpaired) electrons. The van der Waals surface area contributed by atoms with E-state index in [0.717, 1.165) is 12.3 Å². The Kier molecular flexibility index (Phi) is 12.5. The van der Waals surface area contributed by atoms with Crippen LogP contribution in [0.1, 0.15) is 27.8 Å². The van der Waals surface area contributed by atoms with Crippen LogP contribution < -0.4 is 9.30 Å². The van der Waals surface area contributed by atoms with Gasteiger partial charge in [0.05, 0.1) is 24.4 Å². The fourth-order valence-corrected chi connectivity index (χ4v) is 5.92. The fraction of sp³-hybridized carbons (Fsp3) is 0.171. The second kappa shape index (κ2) is 16.7. The van der Waals surface area contributed by atoms with Crippen LogP contribution in [0.2, 0.25) is 0 Å². The maximum Gasteiger partial charge on any atom is 0.673 e. The van der Waals surface area contributed by atoms with Crippen molar-refractivity contribution >= 4 is 35.3 Å². The standard InChI is InChI=1S/C30H28N.C7H8O.C4H5N.BF4/c1-19-11-13-27-25(17-19)30(29-22(4)15-21(3)16-23(29)5)26-18-20(2)12-14-28(26)31(27)24-9-7-6-8-10-24;1-8-7-5-3-2-4-6-7;1-2-4-5-3-1;2-1(3,4)5/h6-18H,1-5H3;2-6H,1H3;1-3H,4H2;/q+1;;;-1. The van der Waals surface area contributed by atoms with Crippen LogP contribution >= 0.6 is 0 Å². The molecule has 1 aliphatic heterocycles. The van der Waals surface area contributed by atoms with Gasteiger partial charge in [-0.05, 0) is 81.7 Å². The van der Waals surface area contributed by atoms with Crippen molar-refractivity contribution in [2.24, 2.45) is 4.99 Å². The molecule has 49 heavy (non-hydrogen) atoms. The summed E-state index contributed by atoms with van der Waals surface area (Å²) in [6.45, 7) is 11.9. The molecule has 7 rings (SSSR count). The number of halogens is 4. The van der Waals surface area contributed by atoms with Crippen molar-refractivity contribution in [2.45, 2.75) is 34.6 Å². The summed E-state index contributed by atoms with van der Waals surface area (Å²) in [7, 11) is -4.34. The Hall–Kier alpha value is -5.24. The Labute approximate surface area is 286 Å². The summed E-state index contributed by atoms with van der Waals surface area (Å²) in [6, 6.07) is 38.7. The first kappa shape index (κ1) is 36.6. The number of hydrogen-bond donors (Lipinski definition) is 0. The van der Waals surface area contributed by atoms with Crippen molar-refractivity contribution in [3.05, 3.63) is 149 Å². The zero-order chi connectivity index (χ0) is 35.6. The molecule has 1 aromatic heterocycles. The van der Waals surface area contributed by atoms with Gasteiger partial charge in [-0.15, -0.1) is 0 Å². The van der Waals surface area contributed by atoms with Gasteiger partial charge >= 0.3 is 7.25 Å². The summed E-state index contributed by atoms with van der Waals surface area (Å²) >= 11 is 0. The lowest BCUT2D eigenvalue weighted by molar-refractivity contribution is -0.537. The van der Waals surface area contributed by atoms with E-state index in [1.54, 1.807) is 13.3 Å². The number of aromatic nitrogens is 1. The van der Waals surface area contributed by atoms with Gasteiger partial charge in [-0.25, -0.2) is 0 Å². The molecular weight excluding hydrogens is 623 g/mol. The van der Waals surface area contributed by atoms with Crippen molar-refractivity contribution in [1.29, 1.82) is 0 Å². The molecule has 6 aromatic rings. The molecular formula is C41H41BF4N2O. The van der Waals surface area contributed by atoms with Crippen LogP contribution in [0.3, 0.4) is 0 Å². The Bertz CT molecular complexity index is 1970. The Morgan fingerprint density at radius 3 is 1.49 bits per heavy atom. The second-order valence-corrected chi connectivity index (χ2v) is 11.8. The van der Waals surface area contributed by atoms with E-state index in [1.165, 1.54) is 66.4 Å². The average Bonchev–Trinajstić information content (AvgIpc) is 3.65. The number of pyridine rings is 1. The summed E-state index contributed by atoms with van der Waals surface area (Å²) in [5, 5.41) is 2.61. The third-order valence-electron chi connectivity index (χ3n) is 7.78. The van der Waals surface area contributed by atoms with Gasteiger partial charge in [0.15, 0.2) is 0 Å². The van der Waals surface area contributed by atoms with Crippen LogP contribution in [0.5, 0.6) is 5.75 Å². The van der Waals surface area contributed by atoms with Gasteiger partial charge in [0.2, 0.25) is 16.7 Å². The quantitative estimate of drug-likeness (QED) is 0.0800. The minimum absolute atomic E-state index is 0.889. The number of aryl methyl sites for hydroxylation is 5. The highest BCUT2D eigenvalue weighted by Crippen LogP contribution is 2.39. The number of nitrogens with zero attached hydrogens (tertiary/aromatic N) is 2. The van der Waals surface area contributed by atoms with Crippen LogP contribution in [-0.2, 0) is 0 Å². The van der Waals surface area contributed by atoms with E-state index in [-0.39, 0.29) is 0 Å². The molecule has 8 heteroatoms. The molecule has 0 fully saturated rings. The molecule has 0 N–H and O–H groups in total. The number of fused-ring (bicyclic) bond motifs is 2. The lowest BCUT2D eigenvalue weighted by Gasteiger charge is -2.17. The molecule has 0 unspecified atom stereocenters. The van der Waals surface area contributed by atoms with Gasteiger partial charge in [-0.1, -0.05) is 83.4 Å². The molecule has 252 valence electrons. The van der Waals surface area contributed by atoms with E-state index in [9.17, 15) is 17.3 Å². The van der Waals surface area contributed by atoms with E-state index < -0.39 is 7.25 Å². The largest absolute Gasteiger partial charge is 0.673 e. The van der Waals surface area contributed by atoms with Gasteiger partial charge in [-0.3, -0.25) is 4.99 Å². The SMILES string of the molecule is C1=CCN=C1.COc1ccccc1.Cc1cc(C)c(-c2c3cc(C)ccc3[n+](-c3ccccc3)c3ccc(C)cc23)c(C)c1.F[B-](F)(F)F. The predicted octanol–water partition coefficient (Wildman–Crippen LogP) is 11.1. The average molecular weight is 665 g/mol. The summed E-state index contributed by atoms with van der Waals surface area (Å²) in [6.07, 6.45) is 5.76. The molecule has 5 aromatic carbocycles. The number of rotatable bonds is 3. The van der Waals surface area contributed by atoms with E-state index in [0.29, 0.717) is 0 Å². The first-order valence-electron chi connectivity index (χ1n) is 16.0. The highest BCUT2D eigenvalue weighted by Gasteiger charge is 2.25. The maximum atomic E-state index is 9.75. The molecule has 0 spiro atoms. The van der Waals surface area contributed by atoms with E-state index in [2.05, 4.69) is 123 Å². The van der Waals surface area contributed by atoms with Crippen LogP contribution in [-0.4, -0.2) is 27.1 Å². The Morgan fingerprint density at radius 1 is 0.612 bits per heavy atom. The number of aliphatic imine (C=N–C) groups is 1. The molecule has 0 aliphatic carbocycles. The minimum Gasteiger partial charge on any atom is -0.497 e. The summed E-state index contributed by atoms with van der Waals surface area (Å²) in [5.74, 6) is 0.910. The summed E-state index contributed by atoms with van der Waals surface area (Å²) < 4.78 is 46.3. The van der Waals surface area contributed by atoms with Crippen LogP contribution in [0.4, 0.5) is 17.3 Å². The molecule has 0 bridgehead atoms.